The first kappa shape index (κ1) is 43.1. The van der Waals surface area contributed by atoms with Crippen LogP contribution in [0.4, 0.5) is 28.4 Å². The lowest BCUT2D eigenvalue weighted by Crippen LogP contribution is -2.19. The maximum Gasteiger partial charge on any atom is 0.0569 e. The highest BCUT2D eigenvalue weighted by molar-refractivity contribution is 8.32. The van der Waals surface area contributed by atoms with Gasteiger partial charge in [-0.3, -0.25) is 0 Å². The van der Waals surface area contributed by atoms with Crippen LogP contribution in [-0.2, 0) is 0 Å². The van der Waals surface area contributed by atoms with Crippen LogP contribution in [0.5, 0.6) is 0 Å². The van der Waals surface area contributed by atoms with Crippen LogP contribution in [0.25, 0.3) is 49.0 Å². The third-order valence-electron chi connectivity index (χ3n) is 12.8. The third kappa shape index (κ3) is 7.88. The number of anilines is 5. The minimum absolute atomic E-state index is 0.906. The predicted molar refractivity (Wildman–Crippen MR) is 289 cm³/mol. The van der Waals surface area contributed by atoms with Gasteiger partial charge in [-0.25, -0.2) is 20.1 Å². The third-order valence-corrected chi connectivity index (χ3v) is 16.2. The molecule has 0 aliphatic heterocycles. The molecule has 9 aromatic carbocycles. The zero-order chi connectivity index (χ0) is 44.9. The summed E-state index contributed by atoms with van der Waals surface area (Å²) in [6, 6.07) is 65.9. The summed E-state index contributed by atoms with van der Waals surface area (Å²) < 4.78 is 0. The molecule has 0 fully saturated rings. The van der Waals surface area contributed by atoms with Gasteiger partial charge in [0, 0.05) is 27.7 Å². The van der Waals surface area contributed by atoms with Gasteiger partial charge in [-0.2, -0.15) is 0 Å². The van der Waals surface area contributed by atoms with Crippen molar-refractivity contribution in [2.75, 3.05) is 47.3 Å². The van der Waals surface area contributed by atoms with E-state index in [1.54, 1.807) is 0 Å². The van der Waals surface area contributed by atoms with Gasteiger partial charge in [0.2, 0.25) is 0 Å². The van der Waals surface area contributed by atoms with Crippen molar-refractivity contribution in [1.82, 2.24) is 0 Å². The molecule has 0 aliphatic carbocycles. The quantitative estimate of drug-likeness (QED) is 0.0944. The zero-order valence-corrected chi connectivity index (χ0v) is 40.7. The van der Waals surface area contributed by atoms with Gasteiger partial charge < -0.3 is 9.80 Å². The van der Waals surface area contributed by atoms with E-state index in [9.17, 15) is 0 Å². The normalized spacial score (nSPS) is 13.4. The molecule has 64 heavy (non-hydrogen) atoms. The highest BCUT2D eigenvalue weighted by Crippen LogP contribution is 2.52. The minimum Gasteiger partial charge on any atom is -0.309 e. The Bertz CT molecular complexity index is 3190. The van der Waals surface area contributed by atoms with Gasteiger partial charge in [-0.15, -0.1) is 0 Å². The lowest BCUT2D eigenvalue weighted by Gasteiger charge is -2.34. The Balaban J connectivity index is 1.34. The molecule has 9 rings (SSSR count). The summed E-state index contributed by atoms with van der Waals surface area (Å²) >= 11 is 0. The van der Waals surface area contributed by atoms with Crippen LogP contribution in [0.3, 0.4) is 0 Å². The van der Waals surface area contributed by atoms with Crippen LogP contribution < -0.4 is 9.80 Å². The summed E-state index contributed by atoms with van der Waals surface area (Å²) in [5.41, 5.74) is 14.3. The zero-order valence-electron chi connectivity index (χ0n) is 39.0. The van der Waals surface area contributed by atoms with Crippen molar-refractivity contribution in [1.29, 1.82) is 0 Å². The Morgan fingerprint density at radius 3 is 1.53 bits per heavy atom. The molecule has 2 nitrogen and oxygen atoms in total. The molecule has 9 aromatic rings. The second-order valence-corrected chi connectivity index (χ2v) is 26.9. The molecule has 322 valence electrons. The van der Waals surface area contributed by atoms with Crippen molar-refractivity contribution in [2.45, 2.75) is 37.5 Å². The van der Waals surface area contributed by atoms with Crippen LogP contribution in [0.15, 0.2) is 203 Å². The first-order valence-corrected chi connectivity index (χ1v) is 27.9. The molecule has 0 saturated heterocycles. The highest BCUT2D eigenvalue weighted by Gasteiger charge is 2.26. The largest absolute Gasteiger partial charge is 0.309 e. The number of aryl methyl sites for hydroxylation is 1. The number of hydrogen-bond acceptors (Lipinski definition) is 2. The van der Waals surface area contributed by atoms with E-state index in [4.69, 9.17) is 0 Å². The summed E-state index contributed by atoms with van der Waals surface area (Å²) in [6.45, 7) is 8.94. The summed E-state index contributed by atoms with van der Waals surface area (Å²) in [6.07, 6.45) is 16.5. The van der Waals surface area contributed by atoms with Gasteiger partial charge in [0.15, 0.2) is 0 Å². The van der Waals surface area contributed by atoms with Crippen molar-refractivity contribution in [2.24, 2.45) is 0 Å². The topological polar surface area (TPSA) is 6.48 Å². The van der Waals surface area contributed by atoms with Gasteiger partial charge in [0.05, 0.1) is 22.8 Å². The van der Waals surface area contributed by atoms with Gasteiger partial charge in [0.25, 0.3) is 0 Å². The average Bonchev–Trinajstić information content (AvgIpc) is 3.30. The number of allylic oxidation sites excluding steroid dienone is 3. The molecule has 4 heteroatoms. The molecule has 0 atom stereocenters. The second-order valence-electron chi connectivity index (χ2n) is 18.6. The second kappa shape index (κ2) is 17.1. The van der Waals surface area contributed by atoms with E-state index in [2.05, 4.69) is 257 Å². The average molecular weight is 873 g/mol. The van der Waals surface area contributed by atoms with Crippen LogP contribution in [0.1, 0.15) is 31.9 Å². The van der Waals surface area contributed by atoms with Crippen LogP contribution in [0, 0.1) is 6.92 Å². The number of hydrogen-bond donors (Lipinski definition) is 0. The number of rotatable bonds is 11. The molecule has 0 bridgehead atoms. The summed E-state index contributed by atoms with van der Waals surface area (Å²) in [5.74, 6) is 0. The fourth-order valence-electron chi connectivity index (χ4n) is 9.35. The molecule has 0 saturated carbocycles. The highest BCUT2D eigenvalue weighted by atomic mass is 32.3. The predicted octanol–water partition coefficient (Wildman–Crippen LogP) is 17.7. The minimum atomic E-state index is -0.906. The Hall–Kier alpha value is -6.20. The molecule has 0 spiro atoms. The van der Waals surface area contributed by atoms with E-state index in [0.29, 0.717) is 0 Å². The van der Waals surface area contributed by atoms with Crippen molar-refractivity contribution >= 4 is 86.4 Å². The molecule has 0 aromatic heterocycles. The summed E-state index contributed by atoms with van der Waals surface area (Å²) in [7, 11) is -1.81. The first-order valence-electron chi connectivity index (χ1n) is 22.2. The molecule has 0 amide bonds. The van der Waals surface area contributed by atoms with E-state index in [0.717, 1.165) is 22.7 Å². The maximum atomic E-state index is 2.52. The van der Waals surface area contributed by atoms with Crippen LogP contribution in [-0.4, -0.2) is 37.5 Å². The standard InChI is InChI=1S/C60H60N2S2/c1-11-41(2)59(43(4)44-20-14-12-15-21-44)61(48-29-33-50(34-30-48)63(5,6)7)55-39-27-46-26-38-54-56(40-28-47-25-37-53(55)57(46)58(47)54)62(49-31-35-51(36-32-49)64(8,9)10)60-42(3)19-18-24-52(60)45-22-16-13-17-23-45/h11-40H,1-10H3/b41-11-,59-43-. The van der Waals surface area contributed by atoms with Crippen LogP contribution >= 0.6 is 20.1 Å². The lowest BCUT2D eigenvalue weighted by atomic mass is 9.90. The lowest BCUT2D eigenvalue weighted by molar-refractivity contribution is 1.15. The Morgan fingerprint density at radius 2 is 0.984 bits per heavy atom. The van der Waals surface area contributed by atoms with Gasteiger partial charge in [-0.05, 0) is 185 Å². The van der Waals surface area contributed by atoms with Crippen molar-refractivity contribution in [3.05, 3.63) is 204 Å². The van der Waals surface area contributed by atoms with Crippen molar-refractivity contribution in [3.63, 3.8) is 0 Å². The molecular weight excluding hydrogens is 813 g/mol. The molecule has 0 radical (unpaired) electrons. The van der Waals surface area contributed by atoms with Crippen molar-refractivity contribution in [3.8, 4) is 11.1 Å². The molecule has 0 aliphatic rings. The number of para-hydroxylation sites is 1. The van der Waals surface area contributed by atoms with Gasteiger partial charge in [0.1, 0.15) is 0 Å². The fraction of sp³-hybridized carbons (Fsp3) is 0.167. The number of nitrogens with zero attached hydrogens (tertiary/aromatic N) is 2. The first-order chi connectivity index (χ1) is 30.7. The monoisotopic (exact) mass is 872 g/mol. The van der Waals surface area contributed by atoms with Gasteiger partial charge >= 0.3 is 0 Å². The summed E-state index contributed by atoms with van der Waals surface area (Å²) in [5, 5.41) is 7.49. The SMILES string of the molecule is C/C=C(C)\C(=C(/C)c1ccccc1)N(c1ccc(S(C)(C)C)cc1)c1ccc2ccc3c(N(c4ccc(S(C)(C)C)cc4)c4c(C)cccc4-c4ccccc4)ccc4ccc1c2c43. The molecule has 0 N–H and O–H groups in total. The smallest absolute Gasteiger partial charge is 0.0569 e. The van der Waals surface area contributed by atoms with E-state index in [1.165, 1.54) is 86.9 Å². The molecule has 0 heterocycles. The van der Waals surface area contributed by atoms with E-state index >= 15 is 0 Å². The Kier molecular flexibility index (Phi) is 11.5. The number of benzene rings is 9. The molecule has 0 unspecified atom stereocenters. The summed E-state index contributed by atoms with van der Waals surface area (Å²) in [4.78, 5) is 7.85. The van der Waals surface area contributed by atoms with Gasteiger partial charge in [-0.1, -0.05) is 121 Å². The van der Waals surface area contributed by atoms with E-state index in [1.807, 2.05) is 0 Å². The Morgan fingerprint density at radius 1 is 0.484 bits per heavy atom. The molecular formula is C60H60N2S2. The maximum absolute atomic E-state index is 2.52. The van der Waals surface area contributed by atoms with E-state index in [-0.39, 0.29) is 0 Å². The van der Waals surface area contributed by atoms with Crippen molar-refractivity contribution < 1.29 is 0 Å². The van der Waals surface area contributed by atoms with Crippen LogP contribution in [0.2, 0.25) is 0 Å². The fourth-order valence-corrected chi connectivity index (χ4v) is 11.3. The Labute approximate surface area is 384 Å². The van der Waals surface area contributed by atoms with E-state index < -0.39 is 20.1 Å².